The Labute approximate surface area is 161 Å². The van der Waals surface area contributed by atoms with Crippen molar-refractivity contribution in [2.24, 2.45) is 10.9 Å². The fraction of sp³-hybridized carbons (Fsp3) is 0.409. The average molecular weight is 364 g/mol. The molecule has 0 bridgehead atoms. The van der Waals surface area contributed by atoms with Crippen LogP contribution in [0.15, 0.2) is 53.5 Å². The molecular weight excluding hydrogens is 336 g/mol. The Hall–Kier alpha value is -2.37. The number of nitrogens with zero attached hydrogens (tertiary/aromatic N) is 3. The maximum atomic E-state index is 5.42. The molecule has 5 nitrogen and oxygen atoms in total. The number of aliphatic imine (C=N–C) groups is 1. The van der Waals surface area contributed by atoms with Crippen LogP contribution in [0.25, 0.3) is 0 Å². The molecule has 2 aliphatic heterocycles. The summed E-state index contributed by atoms with van der Waals surface area (Å²) in [5.41, 5.74) is 6.91. The highest BCUT2D eigenvalue weighted by atomic mass is 16.5. The van der Waals surface area contributed by atoms with Gasteiger partial charge in [-0.15, -0.1) is 0 Å². The summed E-state index contributed by atoms with van der Waals surface area (Å²) < 4.78 is 5.42. The van der Waals surface area contributed by atoms with Gasteiger partial charge in [0, 0.05) is 43.9 Å². The fourth-order valence-electron chi connectivity index (χ4n) is 3.97. The minimum absolute atomic E-state index is 0.276. The van der Waals surface area contributed by atoms with Crippen LogP contribution in [0.2, 0.25) is 0 Å². The van der Waals surface area contributed by atoms with E-state index in [0.717, 1.165) is 36.9 Å². The van der Waals surface area contributed by atoms with Crippen molar-refractivity contribution >= 4 is 11.5 Å². The summed E-state index contributed by atoms with van der Waals surface area (Å²) in [6.07, 6.45) is 1.20. The molecule has 1 saturated heterocycles. The Morgan fingerprint density at radius 1 is 1.19 bits per heavy atom. The highest BCUT2D eigenvalue weighted by Crippen LogP contribution is 2.38. The summed E-state index contributed by atoms with van der Waals surface area (Å²) in [6.45, 7) is 5.38. The second-order valence-corrected chi connectivity index (χ2v) is 7.49. The number of benzene rings is 2. The summed E-state index contributed by atoms with van der Waals surface area (Å²) in [5, 5.41) is 2.18. The third kappa shape index (κ3) is 3.70. The second-order valence-electron chi connectivity index (χ2n) is 7.49. The number of ether oxygens (including phenoxy) is 1. The van der Waals surface area contributed by atoms with E-state index in [9.17, 15) is 0 Å². The number of hydrogen-bond acceptors (Lipinski definition) is 5. The molecule has 27 heavy (non-hydrogen) atoms. The number of methoxy groups -OCH3 is 1. The first-order chi connectivity index (χ1) is 13.2. The number of nitrogens with one attached hydrogen (secondary N) is 1. The van der Waals surface area contributed by atoms with Gasteiger partial charge in [-0.25, -0.2) is 10.0 Å². The van der Waals surface area contributed by atoms with E-state index in [4.69, 9.17) is 9.73 Å². The summed E-state index contributed by atoms with van der Waals surface area (Å²) in [4.78, 5) is 7.54. The monoisotopic (exact) mass is 364 g/mol. The van der Waals surface area contributed by atoms with E-state index in [1.165, 1.54) is 17.5 Å². The normalized spacial score (nSPS) is 22.9. The van der Waals surface area contributed by atoms with Gasteiger partial charge < -0.3 is 9.64 Å². The molecular formula is C22H28N4O. The first-order valence-electron chi connectivity index (χ1n) is 9.69. The molecule has 2 unspecified atom stereocenters. The average Bonchev–Trinajstić information content (AvgIpc) is 2.71. The Balaban J connectivity index is 1.70. The van der Waals surface area contributed by atoms with Crippen molar-refractivity contribution in [2.75, 3.05) is 33.8 Å². The lowest BCUT2D eigenvalue weighted by Crippen LogP contribution is -2.49. The molecule has 0 aliphatic carbocycles. The van der Waals surface area contributed by atoms with Crippen LogP contribution >= 0.6 is 0 Å². The van der Waals surface area contributed by atoms with Crippen LogP contribution in [0.3, 0.4) is 0 Å². The number of hydrazine groups is 1. The zero-order valence-corrected chi connectivity index (χ0v) is 16.4. The highest BCUT2D eigenvalue weighted by molar-refractivity contribution is 6.01. The van der Waals surface area contributed by atoms with Crippen molar-refractivity contribution in [1.29, 1.82) is 0 Å². The van der Waals surface area contributed by atoms with E-state index in [1.807, 2.05) is 12.1 Å². The lowest BCUT2D eigenvalue weighted by Gasteiger charge is -2.40. The van der Waals surface area contributed by atoms with Crippen LogP contribution in [-0.2, 0) is 0 Å². The van der Waals surface area contributed by atoms with E-state index in [2.05, 4.69) is 65.7 Å². The molecule has 0 amide bonds. The highest BCUT2D eigenvalue weighted by Gasteiger charge is 2.30. The first-order valence-corrected chi connectivity index (χ1v) is 9.69. The van der Waals surface area contributed by atoms with Gasteiger partial charge in [0.1, 0.15) is 11.6 Å². The molecule has 1 N–H and O–H groups in total. The smallest absolute Gasteiger partial charge is 0.137 e. The van der Waals surface area contributed by atoms with Gasteiger partial charge in [0.05, 0.1) is 18.8 Å². The van der Waals surface area contributed by atoms with Crippen LogP contribution in [-0.4, -0.2) is 49.5 Å². The van der Waals surface area contributed by atoms with Gasteiger partial charge in [0.2, 0.25) is 0 Å². The summed E-state index contributed by atoms with van der Waals surface area (Å²) in [5.74, 6) is 2.52. The lowest BCUT2D eigenvalue weighted by atomic mass is 9.96. The van der Waals surface area contributed by atoms with Crippen LogP contribution in [0, 0.1) is 5.92 Å². The zero-order chi connectivity index (χ0) is 18.8. The van der Waals surface area contributed by atoms with Gasteiger partial charge in [-0.1, -0.05) is 36.4 Å². The van der Waals surface area contributed by atoms with Gasteiger partial charge >= 0.3 is 0 Å². The third-order valence-electron chi connectivity index (χ3n) is 5.66. The Morgan fingerprint density at radius 3 is 2.70 bits per heavy atom. The molecule has 142 valence electrons. The largest absolute Gasteiger partial charge is 0.497 e. The quantitative estimate of drug-likeness (QED) is 0.900. The Kier molecular flexibility index (Phi) is 5.14. The number of hydrogen-bond donors (Lipinski definition) is 1. The SMILES string of the molecule is COc1ccc2c(c1)N=C(c1ccccc1)N(CC1CCN(C)NC1)C2C. The number of fused-ring (bicyclic) bond motifs is 1. The predicted molar refractivity (Wildman–Crippen MR) is 109 cm³/mol. The topological polar surface area (TPSA) is 40.1 Å². The molecule has 0 radical (unpaired) electrons. The van der Waals surface area contributed by atoms with Gasteiger partial charge in [0.25, 0.3) is 0 Å². The molecule has 0 saturated carbocycles. The molecule has 4 rings (SSSR count). The number of rotatable bonds is 4. The van der Waals surface area contributed by atoms with Crippen molar-refractivity contribution in [3.8, 4) is 5.75 Å². The summed E-state index contributed by atoms with van der Waals surface area (Å²) in [6, 6.07) is 17.0. The molecule has 0 spiro atoms. The van der Waals surface area contributed by atoms with Crippen LogP contribution in [0.5, 0.6) is 5.75 Å². The predicted octanol–water partition coefficient (Wildman–Crippen LogP) is 3.61. The van der Waals surface area contributed by atoms with E-state index < -0.39 is 0 Å². The molecule has 5 heteroatoms. The molecule has 2 aromatic carbocycles. The molecule has 2 atom stereocenters. The van der Waals surface area contributed by atoms with Crippen molar-refractivity contribution in [3.63, 3.8) is 0 Å². The van der Waals surface area contributed by atoms with Crippen LogP contribution in [0.4, 0.5) is 5.69 Å². The molecule has 1 fully saturated rings. The van der Waals surface area contributed by atoms with E-state index in [-0.39, 0.29) is 6.04 Å². The van der Waals surface area contributed by atoms with Crippen molar-refractivity contribution < 1.29 is 4.74 Å². The van der Waals surface area contributed by atoms with Gasteiger partial charge in [0.15, 0.2) is 0 Å². The molecule has 2 heterocycles. The van der Waals surface area contributed by atoms with E-state index in [0.29, 0.717) is 5.92 Å². The second kappa shape index (κ2) is 7.71. The van der Waals surface area contributed by atoms with Crippen molar-refractivity contribution in [3.05, 3.63) is 59.7 Å². The number of amidine groups is 1. The van der Waals surface area contributed by atoms with Gasteiger partial charge in [-0.2, -0.15) is 0 Å². The molecule has 2 aromatic rings. The van der Waals surface area contributed by atoms with E-state index in [1.54, 1.807) is 7.11 Å². The minimum Gasteiger partial charge on any atom is -0.497 e. The minimum atomic E-state index is 0.276. The van der Waals surface area contributed by atoms with Gasteiger partial charge in [-0.05, 0) is 25.3 Å². The van der Waals surface area contributed by atoms with E-state index >= 15 is 0 Å². The summed E-state index contributed by atoms with van der Waals surface area (Å²) >= 11 is 0. The maximum absolute atomic E-state index is 5.42. The molecule has 0 aromatic heterocycles. The van der Waals surface area contributed by atoms with Crippen LogP contribution in [0.1, 0.15) is 30.5 Å². The Morgan fingerprint density at radius 2 is 2.00 bits per heavy atom. The first kappa shape index (κ1) is 18.0. The fourth-order valence-corrected chi connectivity index (χ4v) is 3.97. The Bertz CT molecular complexity index is 812. The standard InChI is InChI=1S/C22H28N4O/c1-16-20-10-9-19(27-3)13-21(20)24-22(18-7-5-4-6-8-18)26(16)15-17-11-12-25(2)23-14-17/h4-10,13,16-17,23H,11-12,14-15H2,1-3H3. The zero-order valence-electron chi connectivity index (χ0n) is 16.4. The van der Waals surface area contributed by atoms with Crippen LogP contribution < -0.4 is 10.2 Å². The lowest BCUT2D eigenvalue weighted by molar-refractivity contribution is 0.132. The summed E-state index contributed by atoms with van der Waals surface area (Å²) in [7, 11) is 3.81. The van der Waals surface area contributed by atoms with Crippen molar-refractivity contribution in [2.45, 2.75) is 19.4 Å². The van der Waals surface area contributed by atoms with Crippen molar-refractivity contribution in [1.82, 2.24) is 15.3 Å². The maximum Gasteiger partial charge on any atom is 0.137 e. The third-order valence-corrected chi connectivity index (χ3v) is 5.66. The molecule has 2 aliphatic rings. The van der Waals surface area contributed by atoms with Gasteiger partial charge in [-0.3, -0.25) is 5.43 Å².